The van der Waals surface area contributed by atoms with Gasteiger partial charge in [0.05, 0.1) is 5.69 Å². The molecular formula is C13H16BrNO2. The van der Waals surface area contributed by atoms with Crippen molar-refractivity contribution in [2.24, 2.45) is 0 Å². The van der Waals surface area contributed by atoms with Crippen molar-refractivity contribution in [3.8, 4) is 0 Å². The van der Waals surface area contributed by atoms with Crippen LogP contribution in [0.5, 0.6) is 0 Å². The fourth-order valence-corrected chi connectivity index (χ4v) is 2.85. The molecule has 0 amide bonds. The lowest BCUT2D eigenvalue weighted by Crippen LogP contribution is -2.18. The van der Waals surface area contributed by atoms with Crippen molar-refractivity contribution in [2.45, 2.75) is 25.7 Å². The van der Waals surface area contributed by atoms with Crippen LogP contribution in [-0.2, 0) is 11.2 Å². The molecule has 1 N–H and O–H groups in total. The Morgan fingerprint density at radius 2 is 2.06 bits per heavy atom. The first-order valence-electron chi connectivity index (χ1n) is 5.92. The number of anilines is 1. The number of aryl methyl sites for hydroxylation is 1. The summed E-state index contributed by atoms with van der Waals surface area (Å²) in [6.45, 7) is 2.24. The quantitative estimate of drug-likeness (QED) is 0.928. The molecule has 1 aromatic rings. The number of rotatable bonds is 4. The molecule has 0 unspecified atom stereocenters. The molecule has 2 rings (SSSR count). The first-order valence-corrected chi connectivity index (χ1v) is 6.71. The van der Waals surface area contributed by atoms with Gasteiger partial charge in [0.15, 0.2) is 0 Å². The van der Waals surface area contributed by atoms with Crippen molar-refractivity contribution >= 4 is 27.6 Å². The van der Waals surface area contributed by atoms with Gasteiger partial charge >= 0.3 is 5.97 Å². The molecule has 0 saturated carbocycles. The van der Waals surface area contributed by atoms with Gasteiger partial charge in [-0.2, -0.15) is 0 Å². The third kappa shape index (κ3) is 3.22. The lowest BCUT2D eigenvalue weighted by Gasteiger charge is -2.19. The molecule has 1 saturated heterocycles. The molecule has 0 aromatic heterocycles. The normalized spacial score (nSPS) is 15.2. The van der Waals surface area contributed by atoms with E-state index >= 15 is 0 Å². The fourth-order valence-electron chi connectivity index (χ4n) is 2.17. The Bertz CT molecular complexity index is 414. The zero-order valence-electron chi connectivity index (χ0n) is 9.66. The Labute approximate surface area is 110 Å². The molecule has 0 bridgehead atoms. The average Bonchev–Trinajstić information content (AvgIpc) is 2.79. The molecule has 1 aromatic carbocycles. The second kappa shape index (κ2) is 5.54. The van der Waals surface area contributed by atoms with Crippen molar-refractivity contribution in [3.63, 3.8) is 0 Å². The van der Waals surface area contributed by atoms with Crippen LogP contribution in [0.2, 0.25) is 0 Å². The number of halogens is 1. The first-order chi connectivity index (χ1) is 8.16. The van der Waals surface area contributed by atoms with E-state index in [2.05, 4.69) is 26.9 Å². The Kier molecular flexibility index (Phi) is 4.05. The van der Waals surface area contributed by atoms with Crippen LogP contribution in [0.15, 0.2) is 22.7 Å². The molecule has 1 aliphatic heterocycles. The molecule has 1 heterocycles. The van der Waals surface area contributed by atoms with Crippen LogP contribution in [0.3, 0.4) is 0 Å². The maximum absolute atomic E-state index is 10.5. The van der Waals surface area contributed by atoms with Gasteiger partial charge in [0.25, 0.3) is 0 Å². The zero-order valence-corrected chi connectivity index (χ0v) is 11.2. The molecule has 0 spiro atoms. The number of benzene rings is 1. The van der Waals surface area contributed by atoms with Crippen LogP contribution in [0.25, 0.3) is 0 Å². The fraction of sp³-hybridized carbons (Fsp3) is 0.462. The lowest BCUT2D eigenvalue weighted by atomic mass is 10.1. The van der Waals surface area contributed by atoms with Gasteiger partial charge in [-0.15, -0.1) is 0 Å². The predicted octanol–water partition coefficient (Wildman–Crippen LogP) is 3.07. The zero-order chi connectivity index (χ0) is 12.3. The van der Waals surface area contributed by atoms with Crippen LogP contribution in [-0.4, -0.2) is 24.2 Å². The molecule has 1 aliphatic rings. The van der Waals surface area contributed by atoms with Gasteiger partial charge < -0.3 is 10.0 Å². The largest absolute Gasteiger partial charge is 0.481 e. The van der Waals surface area contributed by atoms with Crippen LogP contribution in [0.4, 0.5) is 5.69 Å². The second-order valence-corrected chi connectivity index (χ2v) is 5.23. The number of carbonyl (C=O) groups is 1. The number of carboxylic acids is 1. The van der Waals surface area contributed by atoms with E-state index in [-0.39, 0.29) is 6.42 Å². The summed E-state index contributed by atoms with van der Waals surface area (Å²) < 4.78 is 1.07. The Morgan fingerprint density at radius 1 is 1.35 bits per heavy atom. The third-order valence-electron chi connectivity index (χ3n) is 3.09. The molecule has 1 fully saturated rings. The van der Waals surface area contributed by atoms with Gasteiger partial charge in [0.1, 0.15) is 0 Å². The summed E-state index contributed by atoms with van der Waals surface area (Å²) in [6, 6.07) is 6.16. The van der Waals surface area contributed by atoms with E-state index in [1.165, 1.54) is 18.5 Å². The highest BCUT2D eigenvalue weighted by Crippen LogP contribution is 2.30. The maximum atomic E-state index is 10.5. The van der Waals surface area contributed by atoms with E-state index in [1.807, 2.05) is 12.1 Å². The van der Waals surface area contributed by atoms with E-state index in [1.54, 1.807) is 0 Å². The van der Waals surface area contributed by atoms with Gasteiger partial charge in [-0.1, -0.05) is 6.07 Å². The minimum absolute atomic E-state index is 0.190. The molecule has 3 nitrogen and oxygen atoms in total. The van der Waals surface area contributed by atoms with Crippen molar-refractivity contribution in [1.29, 1.82) is 0 Å². The number of nitrogens with zero attached hydrogens (tertiary/aromatic N) is 1. The van der Waals surface area contributed by atoms with Crippen LogP contribution < -0.4 is 4.90 Å². The van der Waals surface area contributed by atoms with Gasteiger partial charge in [0.2, 0.25) is 0 Å². The molecular weight excluding hydrogens is 282 g/mol. The van der Waals surface area contributed by atoms with E-state index in [0.717, 1.165) is 23.1 Å². The SMILES string of the molecule is O=C(O)CCc1ccc(N2CCCC2)c(Br)c1. The highest BCUT2D eigenvalue weighted by atomic mass is 79.9. The van der Waals surface area contributed by atoms with E-state index in [0.29, 0.717) is 6.42 Å². The van der Waals surface area contributed by atoms with Crippen molar-refractivity contribution in [2.75, 3.05) is 18.0 Å². The molecule has 92 valence electrons. The number of carboxylic acid groups (broad SMARTS) is 1. The summed E-state index contributed by atoms with van der Waals surface area (Å²) in [5.41, 5.74) is 2.30. The summed E-state index contributed by atoms with van der Waals surface area (Å²) >= 11 is 3.58. The predicted molar refractivity (Wildman–Crippen MR) is 71.5 cm³/mol. The summed E-state index contributed by atoms with van der Waals surface area (Å²) in [5.74, 6) is -0.746. The topological polar surface area (TPSA) is 40.5 Å². The van der Waals surface area contributed by atoms with Crippen LogP contribution in [0, 0.1) is 0 Å². The standard InChI is InChI=1S/C13H16BrNO2/c14-11-9-10(4-6-13(16)17)3-5-12(11)15-7-1-2-8-15/h3,5,9H,1-2,4,6-8H2,(H,16,17). The van der Waals surface area contributed by atoms with Crippen molar-refractivity contribution in [1.82, 2.24) is 0 Å². The Balaban J connectivity index is 2.08. The molecule has 0 aliphatic carbocycles. The molecule has 0 radical (unpaired) electrons. The van der Waals surface area contributed by atoms with Crippen LogP contribution in [0.1, 0.15) is 24.8 Å². The first kappa shape index (κ1) is 12.4. The second-order valence-electron chi connectivity index (χ2n) is 4.37. The van der Waals surface area contributed by atoms with Crippen molar-refractivity contribution in [3.05, 3.63) is 28.2 Å². The number of aliphatic carboxylic acids is 1. The van der Waals surface area contributed by atoms with E-state index in [9.17, 15) is 4.79 Å². The van der Waals surface area contributed by atoms with E-state index in [4.69, 9.17) is 5.11 Å². The Morgan fingerprint density at radius 3 is 2.65 bits per heavy atom. The maximum Gasteiger partial charge on any atom is 0.303 e. The monoisotopic (exact) mass is 297 g/mol. The summed E-state index contributed by atoms with van der Waals surface area (Å²) in [7, 11) is 0. The van der Waals surface area contributed by atoms with Gasteiger partial charge in [-0.3, -0.25) is 4.79 Å². The average molecular weight is 298 g/mol. The summed E-state index contributed by atoms with van der Waals surface area (Å²) in [6.07, 6.45) is 3.30. The molecule has 17 heavy (non-hydrogen) atoms. The van der Waals surface area contributed by atoms with Crippen molar-refractivity contribution < 1.29 is 9.90 Å². The highest BCUT2D eigenvalue weighted by molar-refractivity contribution is 9.10. The highest BCUT2D eigenvalue weighted by Gasteiger charge is 2.15. The van der Waals surface area contributed by atoms with Gasteiger partial charge in [-0.25, -0.2) is 0 Å². The summed E-state index contributed by atoms with van der Waals surface area (Å²) in [4.78, 5) is 12.9. The van der Waals surface area contributed by atoms with Gasteiger partial charge in [0, 0.05) is 24.0 Å². The minimum atomic E-state index is -0.746. The molecule has 4 heteroatoms. The minimum Gasteiger partial charge on any atom is -0.481 e. The van der Waals surface area contributed by atoms with Crippen LogP contribution >= 0.6 is 15.9 Å². The molecule has 0 atom stereocenters. The third-order valence-corrected chi connectivity index (χ3v) is 3.72. The lowest BCUT2D eigenvalue weighted by molar-refractivity contribution is -0.136. The number of hydrogen-bond donors (Lipinski definition) is 1. The number of hydrogen-bond acceptors (Lipinski definition) is 2. The summed E-state index contributed by atoms with van der Waals surface area (Å²) in [5, 5.41) is 8.65. The van der Waals surface area contributed by atoms with Gasteiger partial charge in [-0.05, 0) is 52.9 Å². The van der Waals surface area contributed by atoms with E-state index < -0.39 is 5.97 Å². The Hall–Kier alpha value is -1.03. The smallest absolute Gasteiger partial charge is 0.303 e.